The summed E-state index contributed by atoms with van der Waals surface area (Å²) in [4.78, 5) is 23.7. The van der Waals surface area contributed by atoms with Crippen LogP contribution in [0.2, 0.25) is 0 Å². The lowest BCUT2D eigenvalue weighted by molar-refractivity contribution is 0.0724. The number of hydrogen-bond acceptors (Lipinski definition) is 5. The second kappa shape index (κ2) is 6.17. The fourth-order valence-corrected chi connectivity index (χ4v) is 3.35. The molecule has 27 heavy (non-hydrogen) atoms. The van der Waals surface area contributed by atoms with Gasteiger partial charge in [0.2, 0.25) is 0 Å². The molecule has 1 aromatic carbocycles. The van der Waals surface area contributed by atoms with Gasteiger partial charge in [0.05, 0.1) is 24.5 Å². The van der Waals surface area contributed by atoms with Gasteiger partial charge in [-0.25, -0.2) is 14.6 Å². The zero-order valence-corrected chi connectivity index (χ0v) is 14.3. The molecule has 0 spiro atoms. The Hall–Kier alpha value is -3.81. The van der Waals surface area contributed by atoms with E-state index in [0.29, 0.717) is 24.6 Å². The maximum atomic E-state index is 13.0. The maximum Gasteiger partial charge on any atom is 0.272 e. The number of rotatable bonds is 2. The lowest BCUT2D eigenvalue weighted by Crippen LogP contribution is -2.30. The zero-order chi connectivity index (χ0) is 18.2. The molecule has 4 aromatic rings. The highest BCUT2D eigenvalue weighted by Gasteiger charge is 2.28. The number of fused-ring (bicyclic) bond motifs is 3. The van der Waals surface area contributed by atoms with E-state index in [4.69, 9.17) is 0 Å². The van der Waals surface area contributed by atoms with Crippen molar-refractivity contribution in [2.24, 2.45) is 0 Å². The molecule has 0 atom stereocenters. The molecule has 1 N–H and O–H groups in total. The normalized spacial score (nSPS) is 13.0. The van der Waals surface area contributed by atoms with Crippen LogP contribution < -0.4 is 0 Å². The molecule has 8 nitrogen and oxygen atoms in total. The molecule has 0 radical (unpaired) electrons. The van der Waals surface area contributed by atoms with Gasteiger partial charge in [-0.3, -0.25) is 9.89 Å². The predicted molar refractivity (Wildman–Crippen MR) is 96.8 cm³/mol. The number of hydrogen-bond donors (Lipinski definition) is 1. The Morgan fingerprint density at radius 1 is 1.00 bits per heavy atom. The Bertz CT molecular complexity index is 1100. The highest BCUT2D eigenvalue weighted by molar-refractivity contribution is 5.92. The summed E-state index contributed by atoms with van der Waals surface area (Å²) in [7, 11) is 0. The van der Waals surface area contributed by atoms with Gasteiger partial charge in [-0.15, -0.1) is 0 Å². The van der Waals surface area contributed by atoms with Crippen molar-refractivity contribution >= 4 is 5.91 Å². The van der Waals surface area contributed by atoms with Crippen LogP contribution in [0.3, 0.4) is 0 Å². The molecular weight excluding hydrogens is 342 g/mol. The third kappa shape index (κ3) is 2.58. The topological polar surface area (TPSA) is 92.6 Å². The maximum absolute atomic E-state index is 13.0. The molecule has 1 aliphatic heterocycles. The lowest BCUT2D eigenvalue weighted by Gasteiger charge is -2.20. The summed E-state index contributed by atoms with van der Waals surface area (Å²) in [5.74, 6) is 0.569. The van der Waals surface area contributed by atoms with Crippen LogP contribution in [0, 0.1) is 0 Å². The van der Waals surface area contributed by atoms with Gasteiger partial charge in [0.15, 0.2) is 5.82 Å². The molecule has 4 heterocycles. The number of amides is 1. The van der Waals surface area contributed by atoms with E-state index in [1.165, 1.54) is 0 Å². The number of aromatic amines is 1. The highest BCUT2D eigenvalue weighted by atomic mass is 16.2. The van der Waals surface area contributed by atoms with Crippen molar-refractivity contribution in [1.29, 1.82) is 0 Å². The summed E-state index contributed by atoms with van der Waals surface area (Å²) in [5, 5.41) is 11.1. The molecular formula is C19H15N7O. The average Bonchev–Trinajstić information content (AvgIpc) is 3.38. The molecule has 8 heteroatoms. The molecule has 1 aliphatic rings. The smallest absolute Gasteiger partial charge is 0.272 e. The largest absolute Gasteiger partial charge is 0.327 e. The van der Waals surface area contributed by atoms with Crippen LogP contribution in [0.15, 0.2) is 61.2 Å². The van der Waals surface area contributed by atoms with Gasteiger partial charge in [0.25, 0.3) is 5.91 Å². The lowest BCUT2D eigenvalue weighted by atomic mass is 10.1. The average molecular weight is 357 g/mol. The first kappa shape index (κ1) is 15.4. The molecule has 0 aliphatic carbocycles. The van der Waals surface area contributed by atoms with E-state index in [1.807, 2.05) is 36.4 Å². The monoisotopic (exact) mass is 357 g/mol. The second-order valence-corrected chi connectivity index (χ2v) is 6.26. The number of carbonyl (C=O) groups excluding carboxylic acids is 1. The molecule has 0 bridgehead atoms. The molecule has 5 rings (SSSR count). The quantitative estimate of drug-likeness (QED) is 0.594. The Morgan fingerprint density at radius 2 is 1.89 bits per heavy atom. The molecule has 1 amide bonds. The van der Waals surface area contributed by atoms with Crippen LogP contribution in [-0.2, 0) is 13.1 Å². The molecule has 0 unspecified atom stereocenters. The number of H-pyrrole nitrogens is 1. The predicted octanol–water partition coefficient (Wildman–Crippen LogP) is 2.21. The van der Waals surface area contributed by atoms with Gasteiger partial charge in [-0.1, -0.05) is 30.3 Å². The minimum atomic E-state index is -0.129. The standard InChI is InChI=1S/C19H15N7O/c27-19(16-7-8-22-24-16)25-10-14-6-9-23-26(14)18-15(11-25)17(20-12-21-18)13-4-2-1-3-5-13/h1-9,12H,10-11H2,(H,22,24). The van der Waals surface area contributed by atoms with Gasteiger partial charge in [0, 0.05) is 23.5 Å². The minimum absolute atomic E-state index is 0.129. The van der Waals surface area contributed by atoms with Crippen molar-refractivity contribution in [3.8, 4) is 17.1 Å². The molecule has 0 saturated heterocycles. The summed E-state index contributed by atoms with van der Waals surface area (Å²) in [6.07, 6.45) is 4.83. The van der Waals surface area contributed by atoms with Crippen molar-refractivity contribution in [1.82, 2.24) is 34.8 Å². The molecule has 3 aromatic heterocycles. The van der Waals surface area contributed by atoms with Crippen molar-refractivity contribution in [3.63, 3.8) is 0 Å². The van der Waals surface area contributed by atoms with Gasteiger partial charge in [-0.05, 0) is 12.1 Å². The van der Waals surface area contributed by atoms with E-state index in [2.05, 4.69) is 25.3 Å². The van der Waals surface area contributed by atoms with Crippen molar-refractivity contribution in [2.45, 2.75) is 13.1 Å². The summed E-state index contributed by atoms with van der Waals surface area (Å²) >= 11 is 0. The number of nitrogens with zero attached hydrogens (tertiary/aromatic N) is 6. The summed E-state index contributed by atoms with van der Waals surface area (Å²) in [5.41, 5.74) is 3.97. The number of aromatic nitrogens is 6. The van der Waals surface area contributed by atoms with Gasteiger partial charge >= 0.3 is 0 Å². The summed E-state index contributed by atoms with van der Waals surface area (Å²) in [6.45, 7) is 0.796. The fourth-order valence-electron chi connectivity index (χ4n) is 3.35. The first-order chi connectivity index (χ1) is 13.3. The van der Waals surface area contributed by atoms with Gasteiger partial charge < -0.3 is 4.90 Å². The SMILES string of the molecule is O=C(c1ccn[nH]1)N1Cc2c(-c3ccccc3)ncnc2-n2nccc2C1. The number of benzene rings is 1. The van der Waals surface area contributed by atoms with Crippen molar-refractivity contribution in [2.75, 3.05) is 0 Å². The third-order valence-electron chi connectivity index (χ3n) is 4.61. The summed E-state index contributed by atoms with van der Waals surface area (Å²) < 4.78 is 1.78. The molecule has 0 saturated carbocycles. The van der Waals surface area contributed by atoms with Crippen molar-refractivity contribution < 1.29 is 4.79 Å². The van der Waals surface area contributed by atoms with E-state index < -0.39 is 0 Å². The Morgan fingerprint density at radius 3 is 2.70 bits per heavy atom. The van der Waals surface area contributed by atoms with Crippen LogP contribution in [-0.4, -0.2) is 40.8 Å². The number of nitrogens with one attached hydrogen (secondary N) is 1. The van der Waals surface area contributed by atoms with Crippen LogP contribution in [0.4, 0.5) is 0 Å². The first-order valence-electron chi connectivity index (χ1n) is 8.52. The number of carbonyl (C=O) groups is 1. The van der Waals surface area contributed by atoms with Gasteiger partial charge in [-0.2, -0.15) is 10.2 Å². The molecule has 132 valence electrons. The highest BCUT2D eigenvalue weighted by Crippen LogP contribution is 2.30. The van der Waals surface area contributed by atoms with Crippen LogP contribution in [0.5, 0.6) is 0 Å². The fraction of sp³-hybridized carbons (Fsp3) is 0.105. The molecule has 0 fully saturated rings. The second-order valence-electron chi connectivity index (χ2n) is 6.26. The Balaban J connectivity index is 1.68. The third-order valence-corrected chi connectivity index (χ3v) is 4.61. The van der Waals surface area contributed by atoms with E-state index >= 15 is 0 Å². The van der Waals surface area contributed by atoms with E-state index in [-0.39, 0.29) is 5.91 Å². The summed E-state index contributed by atoms with van der Waals surface area (Å²) in [6, 6.07) is 13.5. The van der Waals surface area contributed by atoms with E-state index in [0.717, 1.165) is 22.5 Å². The van der Waals surface area contributed by atoms with Crippen LogP contribution >= 0.6 is 0 Å². The first-order valence-corrected chi connectivity index (χ1v) is 8.52. The van der Waals surface area contributed by atoms with E-state index in [1.54, 1.807) is 34.4 Å². The Kier molecular flexibility index (Phi) is 3.53. The van der Waals surface area contributed by atoms with E-state index in [9.17, 15) is 4.79 Å². The van der Waals surface area contributed by atoms with Crippen molar-refractivity contribution in [3.05, 3.63) is 78.1 Å². The minimum Gasteiger partial charge on any atom is -0.327 e. The zero-order valence-electron chi connectivity index (χ0n) is 14.3. The van der Waals surface area contributed by atoms with Gasteiger partial charge in [0.1, 0.15) is 12.0 Å². The van der Waals surface area contributed by atoms with Crippen LogP contribution in [0.25, 0.3) is 17.1 Å². The Labute approximate surface area is 154 Å². The van der Waals surface area contributed by atoms with Crippen LogP contribution in [0.1, 0.15) is 21.7 Å².